The van der Waals surface area contributed by atoms with Crippen molar-refractivity contribution in [2.45, 2.75) is 11.8 Å². The highest BCUT2D eigenvalue weighted by atomic mass is 32.2. The number of hydrogen-bond donors (Lipinski definition) is 1. The van der Waals surface area contributed by atoms with Gasteiger partial charge in [0.1, 0.15) is 23.4 Å². The molecule has 5 rings (SSSR count). The zero-order valence-electron chi connectivity index (χ0n) is 18.8. The van der Waals surface area contributed by atoms with E-state index in [4.69, 9.17) is 9.15 Å². The lowest BCUT2D eigenvalue weighted by Crippen LogP contribution is -2.16. The predicted molar refractivity (Wildman–Crippen MR) is 133 cm³/mol. The predicted octanol–water partition coefficient (Wildman–Crippen LogP) is 5.07. The minimum absolute atomic E-state index is 0.131. The van der Waals surface area contributed by atoms with Crippen LogP contribution in [-0.2, 0) is 17.1 Å². The Labute approximate surface area is 196 Å². The highest BCUT2D eigenvalue weighted by Gasteiger charge is 2.25. The summed E-state index contributed by atoms with van der Waals surface area (Å²) in [5.74, 6) is 0.849. The molecule has 5 aromatic rings. The van der Waals surface area contributed by atoms with Gasteiger partial charge >= 0.3 is 0 Å². The largest absolute Gasteiger partial charge is 0.497 e. The maximum atomic E-state index is 13.5. The summed E-state index contributed by atoms with van der Waals surface area (Å²) in [5.41, 5.74) is 2.56. The van der Waals surface area contributed by atoms with Gasteiger partial charge in [0.15, 0.2) is 0 Å². The van der Waals surface area contributed by atoms with Crippen LogP contribution in [0.2, 0.25) is 0 Å². The van der Waals surface area contributed by atoms with Gasteiger partial charge in [-0.3, -0.25) is 9.52 Å². The second-order valence-electron chi connectivity index (χ2n) is 8.06. The molecule has 8 heteroatoms. The number of hydrogen-bond acceptors (Lipinski definition) is 5. The molecule has 0 radical (unpaired) electrons. The number of rotatable bonds is 5. The van der Waals surface area contributed by atoms with Crippen LogP contribution in [0.5, 0.6) is 5.75 Å². The minimum atomic E-state index is -3.92. The Morgan fingerprint density at radius 2 is 1.71 bits per heavy atom. The molecule has 0 amide bonds. The maximum Gasteiger partial charge on any atom is 0.263 e. The van der Waals surface area contributed by atoms with E-state index < -0.39 is 10.0 Å². The third-order valence-electron chi connectivity index (χ3n) is 5.92. The standard InChI is InChI=1S/C26H22N2O5S/c1-16-8-11-18(12-9-16)34(30,31)27-26-24(19-6-4-5-7-22(19)28(26)2)21-15-33-23-14-17(32-3)10-13-20(23)25(21)29/h4-15,27H,1-3H3. The molecule has 0 aliphatic rings. The molecule has 0 spiro atoms. The third kappa shape index (κ3) is 3.52. The van der Waals surface area contributed by atoms with Crippen LogP contribution in [0.1, 0.15) is 5.56 Å². The lowest BCUT2D eigenvalue weighted by molar-refractivity contribution is 0.414. The van der Waals surface area contributed by atoms with Gasteiger partial charge in [-0.2, -0.15) is 0 Å². The van der Waals surface area contributed by atoms with Gasteiger partial charge in [0, 0.05) is 24.1 Å². The number of aryl methyl sites for hydroxylation is 2. The second-order valence-corrected chi connectivity index (χ2v) is 9.74. The number of ether oxygens (including phenoxy) is 1. The molecule has 0 aliphatic carbocycles. The molecule has 7 nitrogen and oxygen atoms in total. The molecular formula is C26H22N2O5S. The van der Waals surface area contributed by atoms with Gasteiger partial charge in [0.2, 0.25) is 5.43 Å². The van der Waals surface area contributed by atoms with E-state index in [1.54, 1.807) is 54.1 Å². The molecular weight excluding hydrogens is 452 g/mol. The number of para-hydroxylation sites is 1. The molecule has 0 saturated heterocycles. The van der Waals surface area contributed by atoms with E-state index in [1.165, 1.54) is 13.4 Å². The van der Waals surface area contributed by atoms with Crippen LogP contribution in [0.15, 0.2) is 87.1 Å². The summed E-state index contributed by atoms with van der Waals surface area (Å²) in [5, 5.41) is 1.10. The van der Waals surface area contributed by atoms with E-state index >= 15 is 0 Å². The van der Waals surface area contributed by atoms with Gasteiger partial charge in [-0.05, 0) is 37.3 Å². The van der Waals surface area contributed by atoms with Crippen molar-refractivity contribution in [3.8, 4) is 16.9 Å². The first-order valence-corrected chi connectivity index (χ1v) is 12.1. The summed E-state index contributed by atoms with van der Waals surface area (Å²) in [6, 6.07) is 19.0. The van der Waals surface area contributed by atoms with Crippen molar-refractivity contribution >= 4 is 37.7 Å². The maximum absolute atomic E-state index is 13.5. The lowest BCUT2D eigenvalue weighted by atomic mass is 10.0. The smallest absolute Gasteiger partial charge is 0.263 e. The van der Waals surface area contributed by atoms with Crippen LogP contribution in [0.4, 0.5) is 5.82 Å². The van der Waals surface area contributed by atoms with Gasteiger partial charge < -0.3 is 13.7 Å². The van der Waals surface area contributed by atoms with E-state index in [9.17, 15) is 13.2 Å². The normalized spacial score (nSPS) is 11.7. The van der Waals surface area contributed by atoms with Gasteiger partial charge in [0.05, 0.1) is 28.5 Å². The number of sulfonamides is 1. The number of nitrogens with one attached hydrogen (secondary N) is 1. The average Bonchev–Trinajstić information content (AvgIpc) is 3.10. The fourth-order valence-electron chi connectivity index (χ4n) is 4.10. The quantitative estimate of drug-likeness (QED) is 0.384. The topological polar surface area (TPSA) is 90.5 Å². The fourth-order valence-corrected chi connectivity index (χ4v) is 5.20. The zero-order chi connectivity index (χ0) is 24.0. The number of nitrogens with zero attached hydrogens (tertiary/aromatic N) is 1. The van der Waals surface area contributed by atoms with E-state index in [0.29, 0.717) is 22.3 Å². The van der Waals surface area contributed by atoms with E-state index in [0.717, 1.165) is 16.5 Å². The van der Waals surface area contributed by atoms with E-state index in [2.05, 4.69) is 4.72 Å². The van der Waals surface area contributed by atoms with Gasteiger partial charge in [0.25, 0.3) is 10.0 Å². The van der Waals surface area contributed by atoms with E-state index in [1.807, 2.05) is 31.2 Å². The van der Waals surface area contributed by atoms with Crippen LogP contribution < -0.4 is 14.9 Å². The Balaban J connectivity index is 1.75. The molecule has 172 valence electrons. The van der Waals surface area contributed by atoms with Crippen LogP contribution >= 0.6 is 0 Å². The SMILES string of the molecule is COc1ccc2c(=O)c(-c3c(NS(=O)(=O)c4ccc(C)cc4)n(C)c4ccccc34)coc2c1. The van der Waals surface area contributed by atoms with Gasteiger partial charge in [-0.25, -0.2) is 8.42 Å². The number of benzene rings is 3. The van der Waals surface area contributed by atoms with Crippen molar-refractivity contribution in [3.63, 3.8) is 0 Å². The molecule has 0 unspecified atom stereocenters. The summed E-state index contributed by atoms with van der Waals surface area (Å²) >= 11 is 0. The Morgan fingerprint density at radius 3 is 2.44 bits per heavy atom. The first kappa shape index (κ1) is 21.8. The first-order valence-electron chi connectivity index (χ1n) is 10.6. The zero-order valence-corrected chi connectivity index (χ0v) is 19.6. The van der Waals surface area contributed by atoms with Crippen molar-refractivity contribution < 1.29 is 17.6 Å². The Morgan fingerprint density at radius 1 is 0.971 bits per heavy atom. The monoisotopic (exact) mass is 474 g/mol. The molecule has 0 saturated carbocycles. The summed E-state index contributed by atoms with van der Waals surface area (Å²) in [4.78, 5) is 13.7. The first-order chi connectivity index (χ1) is 16.3. The highest BCUT2D eigenvalue weighted by molar-refractivity contribution is 7.92. The van der Waals surface area contributed by atoms with Gasteiger partial charge in [-0.1, -0.05) is 35.9 Å². The Bertz CT molecular complexity index is 1710. The molecule has 1 N–H and O–H groups in total. The van der Waals surface area contributed by atoms with E-state index in [-0.39, 0.29) is 21.7 Å². The molecule has 0 fully saturated rings. The molecule has 34 heavy (non-hydrogen) atoms. The second kappa shape index (κ2) is 8.07. The Kier molecular flexibility index (Phi) is 5.17. The average molecular weight is 475 g/mol. The lowest BCUT2D eigenvalue weighted by Gasteiger charge is -2.12. The Hall–Kier alpha value is -4.04. The third-order valence-corrected chi connectivity index (χ3v) is 7.28. The number of anilines is 1. The van der Waals surface area contributed by atoms with Crippen LogP contribution in [0.3, 0.4) is 0 Å². The van der Waals surface area contributed by atoms with Crippen LogP contribution in [0, 0.1) is 6.92 Å². The number of aromatic nitrogens is 1. The minimum Gasteiger partial charge on any atom is -0.497 e. The van der Waals surface area contributed by atoms with Crippen molar-refractivity contribution in [3.05, 3.63) is 88.8 Å². The number of fused-ring (bicyclic) bond motifs is 2. The molecule has 0 bridgehead atoms. The van der Waals surface area contributed by atoms with Crippen molar-refractivity contribution in [1.82, 2.24) is 4.57 Å². The summed E-state index contributed by atoms with van der Waals surface area (Å²) in [7, 11) is -0.621. The highest BCUT2D eigenvalue weighted by Crippen LogP contribution is 2.38. The summed E-state index contributed by atoms with van der Waals surface area (Å²) in [6.45, 7) is 1.89. The molecule has 0 atom stereocenters. The van der Waals surface area contributed by atoms with Gasteiger partial charge in [-0.15, -0.1) is 0 Å². The summed E-state index contributed by atoms with van der Waals surface area (Å²) < 4.78 is 42.0. The van der Waals surface area contributed by atoms with Crippen LogP contribution in [0.25, 0.3) is 33.0 Å². The fraction of sp³-hybridized carbons (Fsp3) is 0.115. The van der Waals surface area contributed by atoms with Crippen molar-refractivity contribution in [2.75, 3.05) is 11.8 Å². The molecule has 0 aliphatic heterocycles. The van der Waals surface area contributed by atoms with Crippen LogP contribution in [-0.4, -0.2) is 20.1 Å². The van der Waals surface area contributed by atoms with Crippen molar-refractivity contribution in [1.29, 1.82) is 0 Å². The van der Waals surface area contributed by atoms with Crippen molar-refractivity contribution in [2.24, 2.45) is 7.05 Å². The number of methoxy groups -OCH3 is 1. The molecule has 3 aromatic carbocycles. The summed E-state index contributed by atoms with van der Waals surface area (Å²) in [6.07, 6.45) is 1.37. The molecule has 2 heterocycles. The molecule has 2 aromatic heterocycles.